The summed E-state index contributed by atoms with van der Waals surface area (Å²) in [5.41, 5.74) is 3.15. The second-order valence-corrected chi connectivity index (χ2v) is 7.21. The third-order valence-corrected chi connectivity index (χ3v) is 4.41. The average molecular weight is 310 g/mol. The van der Waals surface area contributed by atoms with Gasteiger partial charge in [0.1, 0.15) is 11.0 Å². The van der Waals surface area contributed by atoms with Gasteiger partial charge in [-0.1, -0.05) is 39.3 Å². The molecule has 0 fully saturated rings. The number of aryl methyl sites for hydroxylation is 1. The van der Waals surface area contributed by atoms with Crippen LogP contribution in [0.4, 0.5) is 0 Å². The lowest BCUT2D eigenvalue weighted by Crippen LogP contribution is -2.11. The fourth-order valence-corrected chi connectivity index (χ4v) is 3.02. The van der Waals surface area contributed by atoms with Gasteiger partial charge in [0, 0.05) is 29.2 Å². The summed E-state index contributed by atoms with van der Waals surface area (Å²) >= 11 is 7.86. The summed E-state index contributed by atoms with van der Waals surface area (Å²) in [6.45, 7) is 10.5. The van der Waals surface area contributed by atoms with Gasteiger partial charge in [-0.15, -0.1) is 11.3 Å². The highest BCUT2D eigenvalue weighted by atomic mass is 35.5. The molecule has 3 nitrogen and oxygen atoms in total. The van der Waals surface area contributed by atoms with E-state index in [1.54, 1.807) is 11.3 Å². The van der Waals surface area contributed by atoms with Crippen LogP contribution in [0.5, 0.6) is 0 Å². The topological polar surface area (TPSA) is 38.7 Å². The highest BCUT2D eigenvalue weighted by molar-refractivity contribution is 7.09. The Morgan fingerprint density at radius 2 is 1.90 bits per heavy atom. The van der Waals surface area contributed by atoms with E-state index in [2.05, 4.69) is 36.1 Å². The van der Waals surface area contributed by atoms with Crippen molar-refractivity contribution in [2.45, 2.75) is 52.9 Å². The Labute approximate surface area is 129 Å². The summed E-state index contributed by atoms with van der Waals surface area (Å²) in [6, 6.07) is 0. The maximum absolute atomic E-state index is 6.17. The number of nitrogens with zero attached hydrogens (tertiary/aromatic N) is 3. The summed E-state index contributed by atoms with van der Waals surface area (Å²) in [5, 5.41) is 3.77. The largest absolute Gasteiger partial charge is 0.245 e. The molecule has 2 rings (SSSR count). The van der Waals surface area contributed by atoms with Crippen LogP contribution in [-0.2, 0) is 18.3 Å². The summed E-state index contributed by atoms with van der Waals surface area (Å²) < 4.78 is 0. The molecule has 2 heterocycles. The SMILES string of the molecule is CCc1nc(Cl)c(C)c(Cc2nc(C(C)(C)C)cs2)n1. The van der Waals surface area contributed by atoms with Crippen molar-refractivity contribution >= 4 is 22.9 Å². The van der Waals surface area contributed by atoms with Gasteiger partial charge in [-0.25, -0.2) is 15.0 Å². The first-order valence-electron chi connectivity index (χ1n) is 6.78. The van der Waals surface area contributed by atoms with Crippen LogP contribution in [0.2, 0.25) is 5.15 Å². The predicted octanol–water partition coefficient (Wildman–Crippen LogP) is 4.35. The number of aromatic nitrogens is 3. The van der Waals surface area contributed by atoms with Crippen LogP contribution in [0.1, 0.15) is 55.5 Å². The van der Waals surface area contributed by atoms with E-state index in [1.165, 1.54) is 0 Å². The van der Waals surface area contributed by atoms with Crippen LogP contribution in [0, 0.1) is 6.92 Å². The molecule has 20 heavy (non-hydrogen) atoms. The van der Waals surface area contributed by atoms with Crippen LogP contribution >= 0.6 is 22.9 Å². The van der Waals surface area contributed by atoms with E-state index in [-0.39, 0.29) is 5.41 Å². The number of hydrogen-bond donors (Lipinski definition) is 0. The molecule has 0 aliphatic rings. The Morgan fingerprint density at radius 3 is 2.45 bits per heavy atom. The molecule has 0 amide bonds. The lowest BCUT2D eigenvalue weighted by atomic mass is 9.93. The summed E-state index contributed by atoms with van der Waals surface area (Å²) in [4.78, 5) is 13.6. The van der Waals surface area contributed by atoms with Gasteiger partial charge in [-0.2, -0.15) is 0 Å². The van der Waals surface area contributed by atoms with Crippen molar-refractivity contribution in [3.8, 4) is 0 Å². The van der Waals surface area contributed by atoms with Crippen molar-refractivity contribution in [1.29, 1.82) is 0 Å². The van der Waals surface area contributed by atoms with Gasteiger partial charge in [0.25, 0.3) is 0 Å². The van der Waals surface area contributed by atoms with E-state index in [0.717, 1.165) is 40.6 Å². The highest BCUT2D eigenvalue weighted by Gasteiger charge is 2.18. The first kappa shape index (κ1) is 15.4. The van der Waals surface area contributed by atoms with Crippen LogP contribution in [0.15, 0.2) is 5.38 Å². The third-order valence-electron chi connectivity index (χ3n) is 3.19. The Balaban J connectivity index is 2.30. The van der Waals surface area contributed by atoms with Crippen LogP contribution in [0.25, 0.3) is 0 Å². The van der Waals surface area contributed by atoms with E-state index < -0.39 is 0 Å². The molecular weight excluding hydrogens is 290 g/mol. The van der Waals surface area contributed by atoms with Gasteiger partial charge in [0.2, 0.25) is 0 Å². The molecule has 0 radical (unpaired) electrons. The van der Waals surface area contributed by atoms with Gasteiger partial charge < -0.3 is 0 Å². The quantitative estimate of drug-likeness (QED) is 0.791. The van der Waals surface area contributed by atoms with Gasteiger partial charge in [0.15, 0.2) is 0 Å². The highest BCUT2D eigenvalue weighted by Crippen LogP contribution is 2.26. The van der Waals surface area contributed by atoms with E-state index in [9.17, 15) is 0 Å². The van der Waals surface area contributed by atoms with E-state index in [1.807, 2.05) is 13.8 Å². The lowest BCUT2D eigenvalue weighted by molar-refractivity contribution is 0.571. The molecule has 0 unspecified atom stereocenters. The second kappa shape index (κ2) is 5.78. The van der Waals surface area contributed by atoms with Crippen molar-refractivity contribution in [2.75, 3.05) is 0 Å². The van der Waals surface area contributed by atoms with Crippen LogP contribution < -0.4 is 0 Å². The fourth-order valence-electron chi connectivity index (χ4n) is 1.79. The predicted molar refractivity (Wildman–Crippen MR) is 84.8 cm³/mol. The Kier molecular flexibility index (Phi) is 4.45. The number of hydrogen-bond acceptors (Lipinski definition) is 4. The van der Waals surface area contributed by atoms with Crippen LogP contribution in [-0.4, -0.2) is 15.0 Å². The minimum Gasteiger partial charge on any atom is -0.245 e. The standard InChI is InChI=1S/C15H20ClN3S/c1-6-12-17-10(9(2)14(16)19-12)7-13-18-11(8-20-13)15(3,4)5/h8H,6-7H2,1-5H3. The van der Waals surface area contributed by atoms with E-state index >= 15 is 0 Å². The van der Waals surface area contributed by atoms with Gasteiger partial charge in [0.05, 0.1) is 16.4 Å². The lowest BCUT2D eigenvalue weighted by Gasteiger charge is -2.14. The second-order valence-electron chi connectivity index (χ2n) is 5.91. The molecule has 2 aromatic heterocycles. The minimum atomic E-state index is 0.0850. The van der Waals surface area contributed by atoms with E-state index in [0.29, 0.717) is 5.15 Å². The van der Waals surface area contributed by atoms with E-state index in [4.69, 9.17) is 16.6 Å². The number of rotatable bonds is 3. The Bertz CT molecular complexity index is 614. The first-order valence-corrected chi connectivity index (χ1v) is 8.03. The molecule has 5 heteroatoms. The number of thiazole rings is 1. The molecule has 0 saturated carbocycles. The Hall–Kier alpha value is -1.00. The summed E-state index contributed by atoms with van der Waals surface area (Å²) in [5.74, 6) is 0.795. The molecule has 0 N–H and O–H groups in total. The zero-order valence-corrected chi connectivity index (χ0v) is 14.2. The van der Waals surface area contributed by atoms with Gasteiger partial charge in [-0.3, -0.25) is 0 Å². The first-order chi connectivity index (χ1) is 9.31. The third kappa shape index (κ3) is 3.36. The van der Waals surface area contributed by atoms with Crippen molar-refractivity contribution in [3.05, 3.63) is 38.3 Å². The van der Waals surface area contributed by atoms with Crippen LogP contribution in [0.3, 0.4) is 0 Å². The molecule has 0 aliphatic heterocycles. The molecule has 108 valence electrons. The Morgan fingerprint density at radius 1 is 1.20 bits per heavy atom. The molecule has 0 aromatic carbocycles. The minimum absolute atomic E-state index is 0.0850. The zero-order chi connectivity index (χ0) is 14.9. The molecule has 2 aromatic rings. The molecule has 0 bridgehead atoms. The van der Waals surface area contributed by atoms with Crippen molar-refractivity contribution in [3.63, 3.8) is 0 Å². The molecular formula is C15H20ClN3S. The fraction of sp³-hybridized carbons (Fsp3) is 0.533. The monoisotopic (exact) mass is 309 g/mol. The average Bonchev–Trinajstić information content (AvgIpc) is 2.83. The van der Waals surface area contributed by atoms with Gasteiger partial charge in [-0.05, 0) is 6.92 Å². The zero-order valence-electron chi connectivity index (χ0n) is 12.6. The van der Waals surface area contributed by atoms with Crippen molar-refractivity contribution < 1.29 is 0 Å². The van der Waals surface area contributed by atoms with Crippen molar-refractivity contribution in [2.24, 2.45) is 0 Å². The molecule has 0 spiro atoms. The maximum Gasteiger partial charge on any atom is 0.135 e. The summed E-state index contributed by atoms with van der Waals surface area (Å²) in [7, 11) is 0. The maximum atomic E-state index is 6.17. The number of halogens is 1. The summed E-state index contributed by atoms with van der Waals surface area (Å²) in [6.07, 6.45) is 1.51. The van der Waals surface area contributed by atoms with Gasteiger partial charge >= 0.3 is 0 Å². The molecule has 0 saturated heterocycles. The molecule has 0 atom stereocenters. The normalized spacial score (nSPS) is 11.9. The molecule has 0 aliphatic carbocycles. The van der Waals surface area contributed by atoms with Crippen molar-refractivity contribution in [1.82, 2.24) is 15.0 Å². The smallest absolute Gasteiger partial charge is 0.135 e.